The zero-order valence-electron chi connectivity index (χ0n) is 19.8. The molecule has 0 aliphatic heterocycles. The van der Waals surface area contributed by atoms with Crippen LogP contribution in [0.25, 0.3) is 16.9 Å². The van der Waals surface area contributed by atoms with Crippen LogP contribution in [0.1, 0.15) is 33.6 Å². The van der Waals surface area contributed by atoms with Crippen LogP contribution in [-0.2, 0) is 0 Å². The molecule has 0 aliphatic rings. The largest absolute Gasteiger partial charge is 0.497 e. The van der Waals surface area contributed by atoms with Crippen molar-refractivity contribution in [2.75, 3.05) is 43.6 Å². The molecular formula is C26H34N4O2. The average molecular weight is 435 g/mol. The van der Waals surface area contributed by atoms with E-state index in [4.69, 9.17) is 9.84 Å². The number of rotatable bonds is 10. The molecule has 170 valence electrons. The highest BCUT2D eigenvalue weighted by Crippen LogP contribution is 2.25. The molecule has 6 nitrogen and oxygen atoms in total. The van der Waals surface area contributed by atoms with Crippen molar-refractivity contribution in [1.82, 2.24) is 9.78 Å². The number of anilines is 2. The molecule has 1 aromatic heterocycles. The Morgan fingerprint density at radius 2 is 1.69 bits per heavy atom. The SMILES string of the molecule is CCCN(CCC)c1cccc(-n2nc(-c3cccc(OC)c3)cc(N(C)CC)c2=O)c1. The summed E-state index contributed by atoms with van der Waals surface area (Å²) in [6, 6.07) is 17.7. The van der Waals surface area contributed by atoms with Crippen LogP contribution in [0.3, 0.4) is 0 Å². The Hall–Kier alpha value is -3.28. The van der Waals surface area contributed by atoms with Crippen LogP contribution >= 0.6 is 0 Å². The van der Waals surface area contributed by atoms with Crippen LogP contribution in [0.4, 0.5) is 11.4 Å². The Labute approximate surface area is 191 Å². The maximum Gasteiger partial charge on any atom is 0.295 e. The zero-order valence-corrected chi connectivity index (χ0v) is 19.8. The Balaban J connectivity index is 2.17. The van der Waals surface area contributed by atoms with Gasteiger partial charge in [-0.2, -0.15) is 9.78 Å². The summed E-state index contributed by atoms with van der Waals surface area (Å²) in [4.78, 5) is 17.7. The number of benzene rings is 2. The van der Waals surface area contributed by atoms with Crippen molar-refractivity contribution in [2.24, 2.45) is 0 Å². The van der Waals surface area contributed by atoms with Gasteiger partial charge in [0.25, 0.3) is 5.56 Å². The zero-order chi connectivity index (χ0) is 23.1. The first-order chi connectivity index (χ1) is 15.5. The highest BCUT2D eigenvalue weighted by Gasteiger charge is 2.15. The molecule has 0 saturated heterocycles. The fourth-order valence-electron chi connectivity index (χ4n) is 3.76. The summed E-state index contributed by atoms with van der Waals surface area (Å²) in [6.07, 6.45) is 2.14. The predicted octanol–water partition coefficient (Wildman–Crippen LogP) is 4.99. The van der Waals surface area contributed by atoms with Crippen molar-refractivity contribution in [3.63, 3.8) is 0 Å². The lowest BCUT2D eigenvalue weighted by molar-refractivity contribution is 0.415. The van der Waals surface area contributed by atoms with Crippen molar-refractivity contribution in [3.05, 3.63) is 65.0 Å². The van der Waals surface area contributed by atoms with E-state index in [-0.39, 0.29) is 5.56 Å². The van der Waals surface area contributed by atoms with Gasteiger partial charge in [-0.15, -0.1) is 0 Å². The van der Waals surface area contributed by atoms with E-state index in [9.17, 15) is 4.79 Å². The third-order valence-electron chi connectivity index (χ3n) is 5.57. The summed E-state index contributed by atoms with van der Waals surface area (Å²) >= 11 is 0. The monoisotopic (exact) mass is 434 g/mol. The third-order valence-corrected chi connectivity index (χ3v) is 5.57. The van der Waals surface area contributed by atoms with Gasteiger partial charge in [-0.05, 0) is 56.2 Å². The Morgan fingerprint density at radius 1 is 0.969 bits per heavy atom. The van der Waals surface area contributed by atoms with E-state index in [2.05, 4.69) is 30.9 Å². The first-order valence-corrected chi connectivity index (χ1v) is 11.4. The summed E-state index contributed by atoms with van der Waals surface area (Å²) in [5.41, 5.74) is 3.99. The maximum absolute atomic E-state index is 13.4. The fourth-order valence-corrected chi connectivity index (χ4v) is 3.76. The van der Waals surface area contributed by atoms with E-state index in [1.165, 1.54) is 4.68 Å². The van der Waals surface area contributed by atoms with E-state index in [1.807, 2.05) is 61.3 Å². The topological polar surface area (TPSA) is 50.6 Å². The minimum atomic E-state index is -0.129. The number of hydrogen-bond donors (Lipinski definition) is 0. The van der Waals surface area contributed by atoms with Gasteiger partial charge in [0.15, 0.2) is 0 Å². The molecule has 0 saturated carbocycles. The first kappa shape index (κ1) is 23.4. The minimum absolute atomic E-state index is 0.129. The van der Waals surface area contributed by atoms with Gasteiger partial charge in [0, 0.05) is 37.9 Å². The lowest BCUT2D eigenvalue weighted by Crippen LogP contribution is -2.30. The quantitative estimate of drug-likeness (QED) is 0.450. The molecular weight excluding hydrogens is 400 g/mol. The Morgan fingerprint density at radius 3 is 2.34 bits per heavy atom. The molecule has 0 radical (unpaired) electrons. The number of nitrogens with zero attached hydrogens (tertiary/aromatic N) is 4. The summed E-state index contributed by atoms with van der Waals surface area (Å²) in [5, 5.41) is 4.76. The molecule has 0 bridgehead atoms. The molecule has 6 heteroatoms. The molecule has 32 heavy (non-hydrogen) atoms. The molecule has 2 aromatic carbocycles. The molecule has 0 spiro atoms. The number of methoxy groups -OCH3 is 1. The highest BCUT2D eigenvalue weighted by molar-refractivity contribution is 5.66. The lowest BCUT2D eigenvalue weighted by Gasteiger charge is -2.24. The second-order valence-corrected chi connectivity index (χ2v) is 7.88. The van der Waals surface area contributed by atoms with Crippen LogP contribution < -0.4 is 20.1 Å². The molecule has 3 aromatic rings. The Bertz CT molecular complexity index is 1090. The van der Waals surface area contributed by atoms with Crippen molar-refractivity contribution < 1.29 is 4.74 Å². The summed E-state index contributed by atoms with van der Waals surface area (Å²) in [5.74, 6) is 0.754. The summed E-state index contributed by atoms with van der Waals surface area (Å²) < 4.78 is 6.91. The molecule has 0 atom stereocenters. The predicted molar refractivity (Wildman–Crippen MR) is 134 cm³/mol. The summed E-state index contributed by atoms with van der Waals surface area (Å²) in [6.45, 7) is 9.08. The van der Waals surface area contributed by atoms with Gasteiger partial charge in [-0.25, -0.2) is 0 Å². The normalized spacial score (nSPS) is 10.8. The van der Waals surface area contributed by atoms with E-state index in [1.54, 1.807) is 7.11 Å². The van der Waals surface area contributed by atoms with Gasteiger partial charge in [-0.1, -0.05) is 32.0 Å². The van der Waals surface area contributed by atoms with Crippen LogP contribution in [-0.4, -0.2) is 43.6 Å². The van der Waals surface area contributed by atoms with Gasteiger partial charge in [0.05, 0.1) is 18.5 Å². The van der Waals surface area contributed by atoms with Crippen molar-refractivity contribution in [3.8, 4) is 22.7 Å². The van der Waals surface area contributed by atoms with Gasteiger partial charge >= 0.3 is 0 Å². The lowest BCUT2D eigenvalue weighted by atomic mass is 10.1. The van der Waals surface area contributed by atoms with Crippen molar-refractivity contribution >= 4 is 11.4 Å². The van der Waals surface area contributed by atoms with E-state index in [0.717, 1.165) is 60.9 Å². The standard InChI is InChI=1S/C26H34N4O2/c1-6-15-29(16-7-2)21-12-10-13-22(18-21)30-26(31)25(28(4)8-3)19-24(27-30)20-11-9-14-23(17-20)32-5/h9-14,17-19H,6-8,15-16H2,1-5H3. The van der Waals surface area contributed by atoms with Gasteiger partial charge in [0.2, 0.25) is 0 Å². The summed E-state index contributed by atoms with van der Waals surface area (Å²) in [7, 11) is 3.57. The second-order valence-electron chi connectivity index (χ2n) is 7.88. The van der Waals surface area contributed by atoms with Crippen molar-refractivity contribution in [2.45, 2.75) is 33.6 Å². The molecule has 1 heterocycles. The first-order valence-electron chi connectivity index (χ1n) is 11.4. The molecule has 3 rings (SSSR count). The van der Waals surface area contributed by atoms with Crippen LogP contribution in [0.2, 0.25) is 0 Å². The molecule has 0 amide bonds. The second kappa shape index (κ2) is 10.8. The molecule has 0 fully saturated rings. The average Bonchev–Trinajstić information content (AvgIpc) is 2.83. The van der Waals surface area contributed by atoms with Crippen LogP contribution in [0, 0.1) is 0 Å². The molecule has 0 aliphatic carbocycles. The number of aromatic nitrogens is 2. The number of hydrogen-bond acceptors (Lipinski definition) is 5. The smallest absolute Gasteiger partial charge is 0.295 e. The molecule has 0 unspecified atom stereocenters. The number of ether oxygens (including phenoxy) is 1. The van der Waals surface area contributed by atoms with Crippen LogP contribution in [0.5, 0.6) is 5.75 Å². The molecule has 0 N–H and O–H groups in total. The third kappa shape index (κ3) is 5.13. The van der Waals surface area contributed by atoms with Gasteiger partial charge in [-0.3, -0.25) is 4.79 Å². The van der Waals surface area contributed by atoms with Crippen molar-refractivity contribution in [1.29, 1.82) is 0 Å². The van der Waals surface area contributed by atoms with E-state index in [0.29, 0.717) is 5.69 Å². The van der Waals surface area contributed by atoms with Gasteiger partial charge < -0.3 is 14.5 Å². The maximum atomic E-state index is 13.4. The minimum Gasteiger partial charge on any atom is -0.497 e. The van der Waals surface area contributed by atoms with E-state index < -0.39 is 0 Å². The van der Waals surface area contributed by atoms with Gasteiger partial charge in [0.1, 0.15) is 11.4 Å². The highest BCUT2D eigenvalue weighted by atomic mass is 16.5. The van der Waals surface area contributed by atoms with Crippen LogP contribution in [0.15, 0.2) is 59.4 Å². The van der Waals surface area contributed by atoms with E-state index >= 15 is 0 Å². The Kier molecular flexibility index (Phi) is 7.92. The fraction of sp³-hybridized carbons (Fsp3) is 0.385.